The Kier molecular flexibility index (Phi) is 7.13. The summed E-state index contributed by atoms with van der Waals surface area (Å²) in [7, 11) is -3.57. The van der Waals surface area contributed by atoms with Gasteiger partial charge in [-0.2, -0.15) is 0 Å². The van der Waals surface area contributed by atoms with Crippen molar-refractivity contribution in [2.75, 3.05) is 44.2 Å². The van der Waals surface area contributed by atoms with Crippen LogP contribution in [0, 0.1) is 6.92 Å². The monoisotopic (exact) mass is 456 g/mol. The number of piperazine rings is 1. The summed E-state index contributed by atoms with van der Waals surface area (Å²) in [6.45, 7) is 7.35. The number of aryl methyl sites for hydroxylation is 1. The van der Waals surface area contributed by atoms with Gasteiger partial charge in [-0.05, 0) is 62.6 Å². The van der Waals surface area contributed by atoms with E-state index in [1.165, 1.54) is 11.8 Å². The molecule has 0 bridgehead atoms. The molecular formula is C24H32N4O3S. The van der Waals surface area contributed by atoms with Gasteiger partial charge in [-0.15, -0.1) is 0 Å². The Morgan fingerprint density at radius 3 is 2.44 bits per heavy atom. The maximum atomic E-state index is 12.7. The number of carbonyl (C=O) groups is 1. The topological polar surface area (TPSA) is 81.7 Å². The molecule has 172 valence electrons. The molecule has 1 heterocycles. The molecular weight excluding hydrogens is 424 g/mol. The Morgan fingerprint density at radius 2 is 1.75 bits per heavy atom. The average molecular weight is 457 g/mol. The summed E-state index contributed by atoms with van der Waals surface area (Å²) >= 11 is 0. The van der Waals surface area contributed by atoms with Gasteiger partial charge in [0.25, 0.3) is 5.91 Å². The number of benzene rings is 2. The first-order chi connectivity index (χ1) is 15.4. The first-order valence-electron chi connectivity index (χ1n) is 11.4. The predicted molar refractivity (Wildman–Crippen MR) is 127 cm³/mol. The highest BCUT2D eigenvalue weighted by Crippen LogP contribution is 2.23. The fourth-order valence-electron chi connectivity index (χ4n) is 3.97. The fourth-order valence-corrected chi connectivity index (χ4v) is 5.30. The smallest absolute Gasteiger partial charge is 0.251 e. The van der Waals surface area contributed by atoms with E-state index in [0.717, 1.165) is 57.5 Å². The lowest BCUT2D eigenvalue weighted by Gasteiger charge is -2.36. The van der Waals surface area contributed by atoms with E-state index in [1.54, 1.807) is 12.1 Å². The Morgan fingerprint density at radius 1 is 1.03 bits per heavy atom. The molecule has 1 saturated heterocycles. The van der Waals surface area contributed by atoms with Crippen molar-refractivity contribution in [3.8, 4) is 0 Å². The summed E-state index contributed by atoms with van der Waals surface area (Å²) in [6, 6.07) is 15.3. The zero-order chi connectivity index (χ0) is 22.6. The minimum Gasteiger partial charge on any atom is -0.369 e. The molecule has 2 aliphatic rings. The minimum atomic E-state index is -3.57. The van der Waals surface area contributed by atoms with Gasteiger partial charge in [0.2, 0.25) is 10.0 Å². The predicted octanol–water partition coefficient (Wildman–Crippen LogP) is 2.38. The van der Waals surface area contributed by atoms with Gasteiger partial charge in [-0.25, -0.2) is 13.1 Å². The van der Waals surface area contributed by atoms with Crippen molar-refractivity contribution in [1.82, 2.24) is 14.9 Å². The molecule has 0 atom stereocenters. The van der Waals surface area contributed by atoms with Crippen molar-refractivity contribution in [3.05, 3.63) is 59.7 Å². The van der Waals surface area contributed by atoms with Crippen molar-refractivity contribution in [1.29, 1.82) is 0 Å². The molecule has 2 aromatic rings. The zero-order valence-corrected chi connectivity index (χ0v) is 19.4. The molecule has 32 heavy (non-hydrogen) atoms. The number of nitrogens with one attached hydrogen (secondary N) is 2. The molecule has 0 radical (unpaired) electrons. The van der Waals surface area contributed by atoms with Crippen LogP contribution in [0.15, 0.2) is 53.4 Å². The van der Waals surface area contributed by atoms with E-state index >= 15 is 0 Å². The third-order valence-electron chi connectivity index (χ3n) is 6.09. The highest BCUT2D eigenvalue weighted by Gasteiger charge is 2.28. The van der Waals surface area contributed by atoms with Crippen LogP contribution in [0.4, 0.5) is 5.69 Å². The molecule has 1 amide bonds. The zero-order valence-electron chi connectivity index (χ0n) is 18.6. The summed E-state index contributed by atoms with van der Waals surface area (Å²) in [5.74, 6) is -0.222. The summed E-state index contributed by atoms with van der Waals surface area (Å²) in [4.78, 5) is 17.7. The second kappa shape index (κ2) is 10.0. The summed E-state index contributed by atoms with van der Waals surface area (Å²) in [6.07, 6.45) is 2.61. The van der Waals surface area contributed by atoms with Gasteiger partial charge in [0.15, 0.2) is 0 Å². The Bertz CT molecular complexity index is 1030. The SMILES string of the molecule is Cc1ccc(S(=O)(=O)NC2CC2)cc1C(=O)NCCCN1CCN(c2ccccc2)CC1. The number of para-hydroxylation sites is 1. The van der Waals surface area contributed by atoms with Crippen LogP contribution in [-0.4, -0.2) is 64.5 Å². The first-order valence-corrected chi connectivity index (χ1v) is 12.8. The summed E-state index contributed by atoms with van der Waals surface area (Å²) < 4.78 is 27.6. The number of anilines is 1. The molecule has 1 saturated carbocycles. The quantitative estimate of drug-likeness (QED) is 0.566. The van der Waals surface area contributed by atoms with Crippen LogP contribution in [0.5, 0.6) is 0 Å². The Balaban J connectivity index is 1.23. The van der Waals surface area contributed by atoms with Crippen LogP contribution in [-0.2, 0) is 10.0 Å². The lowest BCUT2D eigenvalue weighted by Crippen LogP contribution is -2.47. The highest BCUT2D eigenvalue weighted by molar-refractivity contribution is 7.89. The van der Waals surface area contributed by atoms with E-state index in [2.05, 4.69) is 44.1 Å². The van der Waals surface area contributed by atoms with Crippen LogP contribution in [0.3, 0.4) is 0 Å². The number of sulfonamides is 1. The molecule has 1 aliphatic carbocycles. The lowest BCUT2D eigenvalue weighted by molar-refractivity contribution is 0.0950. The van der Waals surface area contributed by atoms with Crippen LogP contribution in [0.1, 0.15) is 35.2 Å². The Hall–Kier alpha value is -2.42. The summed E-state index contributed by atoms with van der Waals surface area (Å²) in [5.41, 5.74) is 2.46. The molecule has 8 heteroatoms. The number of rotatable bonds is 9. The van der Waals surface area contributed by atoms with E-state index in [4.69, 9.17) is 0 Å². The van der Waals surface area contributed by atoms with Gasteiger partial charge in [0, 0.05) is 50.0 Å². The minimum absolute atomic E-state index is 0.0353. The number of amides is 1. The van der Waals surface area contributed by atoms with Gasteiger partial charge < -0.3 is 10.2 Å². The normalized spacial score (nSPS) is 17.3. The van der Waals surface area contributed by atoms with Crippen molar-refractivity contribution in [3.63, 3.8) is 0 Å². The largest absolute Gasteiger partial charge is 0.369 e. The van der Waals surface area contributed by atoms with Crippen molar-refractivity contribution in [2.45, 2.75) is 37.1 Å². The van der Waals surface area contributed by atoms with Gasteiger partial charge in [0.1, 0.15) is 0 Å². The summed E-state index contributed by atoms with van der Waals surface area (Å²) in [5, 5.41) is 2.95. The van der Waals surface area contributed by atoms with Gasteiger partial charge in [-0.1, -0.05) is 24.3 Å². The molecule has 0 unspecified atom stereocenters. The average Bonchev–Trinajstić information content (AvgIpc) is 3.61. The van der Waals surface area contributed by atoms with Crippen LogP contribution < -0.4 is 14.9 Å². The molecule has 0 aromatic heterocycles. The van der Waals surface area contributed by atoms with Crippen molar-refractivity contribution >= 4 is 21.6 Å². The molecule has 2 fully saturated rings. The first kappa shape index (κ1) is 22.8. The highest BCUT2D eigenvalue weighted by atomic mass is 32.2. The van der Waals surface area contributed by atoms with Crippen molar-refractivity contribution < 1.29 is 13.2 Å². The Labute approximate surface area is 190 Å². The number of hydrogen-bond donors (Lipinski definition) is 2. The third-order valence-corrected chi connectivity index (χ3v) is 7.61. The van der Waals surface area contributed by atoms with E-state index in [0.29, 0.717) is 12.1 Å². The van der Waals surface area contributed by atoms with Crippen molar-refractivity contribution in [2.24, 2.45) is 0 Å². The molecule has 0 spiro atoms. The molecule has 2 aromatic carbocycles. The van der Waals surface area contributed by atoms with Gasteiger partial charge in [0.05, 0.1) is 4.90 Å². The van der Waals surface area contributed by atoms with E-state index in [9.17, 15) is 13.2 Å². The maximum Gasteiger partial charge on any atom is 0.251 e. The number of carbonyl (C=O) groups excluding carboxylic acids is 1. The third kappa shape index (κ3) is 5.88. The van der Waals surface area contributed by atoms with E-state index in [-0.39, 0.29) is 16.8 Å². The lowest BCUT2D eigenvalue weighted by atomic mass is 10.1. The van der Waals surface area contributed by atoms with E-state index in [1.807, 2.05) is 13.0 Å². The van der Waals surface area contributed by atoms with Crippen LogP contribution in [0.2, 0.25) is 0 Å². The van der Waals surface area contributed by atoms with E-state index < -0.39 is 10.0 Å². The standard InChI is InChI=1S/C24H32N4O3S/c1-19-8-11-22(32(30,31)26-20-9-10-20)18-23(19)24(29)25-12-5-13-27-14-16-28(17-15-27)21-6-3-2-4-7-21/h2-4,6-8,11,18,20,26H,5,9-10,12-17H2,1H3,(H,25,29). The van der Waals surface area contributed by atoms with Crippen LogP contribution in [0.25, 0.3) is 0 Å². The maximum absolute atomic E-state index is 12.7. The van der Waals surface area contributed by atoms with Gasteiger partial charge in [-0.3, -0.25) is 9.69 Å². The van der Waals surface area contributed by atoms with Crippen LogP contribution >= 0.6 is 0 Å². The van der Waals surface area contributed by atoms with Gasteiger partial charge >= 0.3 is 0 Å². The molecule has 2 N–H and O–H groups in total. The fraction of sp³-hybridized carbons (Fsp3) is 0.458. The second-order valence-corrected chi connectivity index (χ2v) is 10.4. The number of nitrogens with zero attached hydrogens (tertiary/aromatic N) is 2. The second-order valence-electron chi connectivity index (χ2n) is 8.65. The number of hydrogen-bond acceptors (Lipinski definition) is 5. The molecule has 7 nitrogen and oxygen atoms in total. The molecule has 4 rings (SSSR count). The molecule has 1 aliphatic heterocycles.